The Morgan fingerprint density at radius 1 is 1.00 bits per heavy atom. The van der Waals surface area contributed by atoms with E-state index in [1.165, 1.54) is 44.9 Å². The molecule has 1 heterocycles. The van der Waals surface area contributed by atoms with Gasteiger partial charge in [0.1, 0.15) is 0 Å². The van der Waals surface area contributed by atoms with Crippen molar-refractivity contribution in [1.29, 1.82) is 0 Å². The highest BCUT2D eigenvalue weighted by molar-refractivity contribution is 7.89. The number of halogens is 1. The van der Waals surface area contributed by atoms with E-state index in [0.717, 1.165) is 12.8 Å². The van der Waals surface area contributed by atoms with Gasteiger partial charge in [-0.25, -0.2) is 13.2 Å². The van der Waals surface area contributed by atoms with E-state index in [0.29, 0.717) is 49.1 Å². The largest absolute Gasteiger partial charge is 0.378 e. The summed E-state index contributed by atoms with van der Waals surface area (Å²) in [4.78, 5) is 4.44. The fourth-order valence-electron chi connectivity index (χ4n) is 3.66. The number of ether oxygens (including phenoxy) is 1. The summed E-state index contributed by atoms with van der Waals surface area (Å²) in [6, 6.07) is 7.35. The SMILES string of the molecule is CCCCCCCCCCCCS(=O)(=O)N/N=C(\c1ccccc1Cl)N1CCOCC1. The molecule has 1 aromatic carbocycles. The first-order chi connectivity index (χ1) is 15.0. The van der Waals surface area contributed by atoms with Crippen LogP contribution in [-0.4, -0.2) is 51.2 Å². The van der Waals surface area contributed by atoms with Gasteiger partial charge in [0.2, 0.25) is 10.0 Å². The third-order valence-corrected chi connectivity index (χ3v) is 7.01. The smallest absolute Gasteiger partial charge is 0.247 e. The minimum Gasteiger partial charge on any atom is -0.378 e. The molecule has 31 heavy (non-hydrogen) atoms. The first-order valence-electron chi connectivity index (χ1n) is 11.7. The first kappa shape index (κ1) is 25.9. The predicted octanol–water partition coefficient (Wildman–Crippen LogP) is 5.17. The summed E-state index contributed by atoms with van der Waals surface area (Å²) in [5, 5.41) is 4.82. The fraction of sp³-hybridized carbons (Fsp3) is 0.696. The Kier molecular flexibility index (Phi) is 12.3. The number of sulfonamides is 1. The van der Waals surface area contributed by atoms with Gasteiger partial charge >= 0.3 is 0 Å². The lowest BCUT2D eigenvalue weighted by Crippen LogP contribution is -2.42. The zero-order valence-electron chi connectivity index (χ0n) is 18.8. The average Bonchev–Trinajstić information content (AvgIpc) is 2.77. The Morgan fingerprint density at radius 2 is 1.58 bits per heavy atom. The second kappa shape index (κ2) is 14.7. The van der Waals surface area contributed by atoms with Crippen molar-refractivity contribution in [3.8, 4) is 0 Å². The van der Waals surface area contributed by atoms with E-state index in [1.54, 1.807) is 6.07 Å². The molecule has 0 saturated carbocycles. The zero-order valence-corrected chi connectivity index (χ0v) is 20.4. The molecule has 1 aliphatic rings. The van der Waals surface area contributed by atoms with Crippen molar-refractivity contribution in [2.24, 2.45) is 5.10 Å². The summed E-state index contributed by atoms with van der Waals surface area (Å²) in [5.41, 5.74) is 0.715. The molecule has 176 valence electrons. The molecule has 2 rings (SSSR count). The van der Waals surface area contributed by atoms with Crippen LogP contribution in [0.15, 0.2) is 29.4 Å². The number of unbranched alkanes of at least 4 members (excludes halogenated alkanes) is 9. The zero-order chi connectivity index (χ0) is 22.4. The van der Waals surface area contributed by atoms with Crippen LogP contribution in [0.3, 0.4) is 0 Å². The van der Waals surface area contributed by atoms with Crippen molar-refractivity contribution in [3.05, 3.63) is 34.9 Å². The number of hydrogen-bond acceptors (Lipinski definition) is 4. The number of nitrogens with one attached hydrogen (secondary N) is 1. The predicted molar refractivity (Wildman–Crippen MR) is 129 cm³/mol. The van der Waals surface area contributed by atoms with Crippen LogP contribution < -0.4 is 4.83 Å². The van der Waals surface area contributed by atoms with Gasteiger partial charge in [-0.05, 0) is 18.6 Å². The van der Waals surface area contributed by atoms with Crippen LogP contribution in [0, 0.1) is 0 Å². The Hall–Kier alpha value is -1.31. The average molecular weight is 472 g/mol. The lowest BCUT2D eigenvalue weighted by Gasteiger charge is -2.30. The van der Waals surface area contributed by atoms with Crippen molar-refractivity contribution in [2.75, 3.05) is 32.1 Å². The van der Waals surface area contributed by atoms with Gasteiger partial charge in [0, 0.05) is 18.7 Å². The van der Waals surface area contributed by atoms with Crippen LogP contribution in [0.1, 0.15) is 76.7 Å². The van der Waals surface area contributed by atoms with E-state index in [2.05, 4.69) is 16.9 Å². The summed E-state index contributed by atoms with van der Waals surface area (Å²) < 4.78 is 30.4. The maximum atomic E-state index is 12.5. The van der Waals surface area contributed by atoms with Gasteiger partial charge in [-0.1, -0.05) is 88.4 Å². The van der Waals surface area contributed by atoms with Gasteiger partial charge in [0.05, 0.1) is 24.0 Å². The van der Waals surface area contributed by atoms with E-state index in [1.807, 2.05) is 23.1 Å². The molecule has 0 unspecified atom stereocenters. The normalized spacial score (nSPS) is 15.3. The Labute approximate surface area is 193 Å². The molecular weight excluding hydrogens is 434 g/mol. The third kappa shape index (κ3) is 10.2. The maximum absolute atomic E-state index is 12.5. The Balaban J connectivity index is 1.80. The molecule has 0 spiro atoms. The molecule has 1 aromatic rings. The number of hydrogen-bond donors (Lipinski definition) is 1. The van der Waals surface area contributed by atoms with E-state index < -0.39 is 10.0 Å². The van der Waals surface area contributed by atoms with E-state index in [4.69, 9.17) is 16.3 Å². The molecule has 8 heteroatoms. The summed E-state index contributed by atoms with van der Waals surface area (Å²) in [7, 11) is -3.48. The highest BCUT2D eigenvalue weighted by atomic mass is 35.5. The van der Waals surface area contributed by atoms with Crippen molar-refractivity contribution < 1.29 is 13.2 Å². The molecule has 1 saturated heterocycles. The van der Waals surface area contributed by atoms with Crippen LogP contribution in [-0.2, 0) is 14.8 Å². The van der Waals surface area contributed by atoms with E-state index in [-0.39, 0.29) is 5.75 Å². The molecule has 1 aliphatic heterocycles. The number of rotatable bonds is 14. The standard InChI is InChI=1S/C23H38ClN3O3S/c1-2-3-4-5-6-7-8-9-10-13-20-31(28,29)26-25-23(27-16-18-30-19-17-27)21-14-11-12-15-22(21)24/h11-12,14-15,26H,2-10,13,16-20H2,1H3/b25-23+. The molecule has 6 nitrogen and oxygen atoms in total. The quantitative estimate of drug-likeness (QED) is 0.176. The lowest BCUT2D eigenvalue weighted by atomic mass is 10.1. The molecule has 1 fully saturated rings. The number of benzene rings is 1. The van der Waals surface area contributed by atoms with Gasteiger partial charge in [0.15, 0.2) is 5.84 Å². The number of nitrogens with zero attached hydrogens (tertiary/aromatic N) is 2. The van der Waals surface area contributed by atoms with Crippen LogP contribution in [0.25, 0.3) is 0 Å². The molecule has 1 N–H and O–H groups in total. The minimum absolute atomic E-state index is 0.0892. The number of morpholine rings is 1. The van der Waals surface area contributed by atoms with Crippen LogP contribution >= 0.6 is 11.6 Å². The molecule has 0 radical (unpaired) electrons. The van der Waals surface area contributed by atoms with Gasteiger partial charge in [-0.3, -0.25) is 0 Å². The summed E-state index contributed by atoms with van der Waals surface area (Å²) in [5.74, 6) is 0.631. The van der Waals surface area contributed by atoms with E-state index in [9.17, 15) is 8.42 Å². The lowest BCUT2D eigenvalue weighted by molar-refractivity contribution is 0.0681. The van der Waals surface area contributed by atoms with Crippen molar-refractivity contribution in [2.45, 2.75) is 71.1 Å². The minimum atomic E-state index is -3.48. The second-order valence-electron chi connectivity index (χ2n) is 8.11. The summed E-state index contributed by atoms with van der Waals surface area (Å²) in [6.07, 6.45) is 11.7. The second-order valence-corrected chi connectivity index (χ2v) is 10.3. The molecule has 0 atom stereocenters. The van der Waals surface area contributed by atoms with Crippen LogP contribution in [0.5, 0.6) is 0 Å². The Morgan fingerprint density at radius 3 is 2.19 bits per heavy atom. The van der Waals surface area contributed by atoms with Crippen LogP contribution in [0.2, 0.25) is 5.02 Å². The highest BCUT2D eigenvalue weighted by Crippen LogP contribution is 2.19. The molecular formula is C23H38ClN3O3S. The van der Waals surface area contributed by atoms with Crippen molar-refractivity contribution in [3.63, 3.8) is 0 Å². The number of hydrazone groups is 1. The van der Waals surface area contributed by atoms with Crippen molar-refractivity contribution in [1.82, 2.24) is 9.73 Å². The number of amidine groups is 1. The first-order valence-corrected chi connectivity index (χ1v) is 13.7. The van der Waals surface area contributed by atoms with Crippen molar-refractivity contribution >= 4 is 27.5 Å². The summed E-state index contributed by atoms with van der Waals surface area (Å²) in [6.45, 7) is 4.67. The third-order valence-electron chi connectivity index (χ3n) is 5.48. The molecule has 0 aromatic heterocycles. The van der Waals surface area contributed by atoms with E-state index >= 15 is 0 Å². The monoisotopic (exact) mass is 471 g/mol. The highest BCUT2D eigenvalue weighted by Gasteiger charge is 2.20. The molecule has 0 amide bonds. The molecule has 0 aliphatic carbocycles. The fourth-order valence-corrected chi connectivity index (χ4v) is 4.78. The Bertz CT molecular complexity index is 765. The van der Waals surface area contributed by atoms with Gasteiger partial charge in [-0.15, -0.1) is 5.10 Å². The van der Waals surface area contributed by atoms with Gasteiger partial charge in [0.25, 0.3) is 0 Å². The summed E-state index contributed by atoms with van der Waals surface area (Å²) >= 11 is 6.35. The molecule has 0 bridgehead atoms. The van der Waals surface area contributed by atoms with Crippen LogP contribution in [0.4, 0.5) is 0 Å². The van der Waals surface area contributed by atoms with Gasteiger partial charge < -0.3 is 9.64 Å². The van der Waals surface area contributed by atoms with Gasteiger partial charge in [-0.2, -0.15) is 0 Å². The topological polar surface area (TPSA) is 71.0 Å². The maximum Gasteiger partial charge on any atom is 0.247 e.